The largest absolute Gasteiger partial charge is 0.507 e. The first-order valence-corrected chi connectivity index (χ1v) is 14.2. The SMILES string of the molecule is CCCCCCCCCCCCCCCc1cc(OC2OC(CO)C(O)C(O)C2O)cc(O)c1C(=O)OC. The van der Waals surface area contributed by atoms with E-state index in [-0.39, 0.29) is 17.1 Å². The number of aromatic hydroxyl groups is 1. The van der Waals surface area contributed by atoms with Crippen molar-refractivity contribution in [1.29, 1.82) is 0 Å². The van der Waals surface area contributed by atoms with Crippen molar-refractivity contribution >= 4 is 5.97 Å². The van der Waals surface area contributed by atoms with Crippen LogP contribution in [0.15, 0.2) is 12.1 Å². The van der Waals surface area contributed by atoms with Crippen LogP contribution in [0.25, 0.3) is 0 Å². The average Bonchev–Trinajstić information content (AvgIpc) is 2.91. The first-order chi connectivity index (χ1) is 18.3. The van der Waals surface area contributed by atoms with Crippen LogP contribution < -0.4 is 4.74 Å². The van der Waals surface area contributed by atoms with E-state index in [4.69, 9.17) is 14.2 Å². The lowest BCUT2D eigenvalue weighted by atomic mass is 9.98. The predicted molar refractivity (Wildman–Crippen MR) is 143 cm³/mol. The van der Waals surface area contributed by atoms with Gasteiger partial charge in [0.25, 0.3) is 0 Å². The Morgan fingerprint density at radius 3 is 1.92 bits per heavy atom. The van der Waals surface area contributed by atoms with Crippen LogP contribution in [0, 0.1) is 0 Å². The third-order valence-corrected chi connectivity index (χ3v) is 7.21. The van der Waals surface area contributed by atoms with Gasteiger partial charge in [0.05, 0.1) is 13.7 Å². The number of hydrogen-bond acceptors (Lipinski definition) is 9. The molecular formula is C29H48O9. The van der Waals surface area contributed by atoms with Gasteiger partial charge in [-0.2, -0.15) is 0 Å². The highest BCUT2D eigenvalue weighted by molar-refractivity contribution is 5.94. The van der Waals surface area contributed by atoms with Gasteiger partial charge in [0.1, 0.15) is 41.5 Å². The van der Waals surface area contributed by atoms with E-state index in [0.717, 1.165) is 19.3 Å². The van der Waals surface area contributed by atoms with E-state index in [9.17, 15) is 30.3 Å². The highest BCUT2D eigenvalue weighted by atomic mass is 16.7. The Balaban J connectivity index is 1.86. The first-order valence-electron chi connectivity index (χ1n) is 14.2. The highest BCUT2D eigenvalue weighted by Crippen LogP contribution is 2.32. The van der Waals surface area contributed by atoms with E-state index in [2.05, 4.69) is 6.92 Å². The molecular weight excluding hydrogens is 492 g/mol. The number of carbonyl (C=O) groups excluding carboxylic acids is 1. The lowest BCUT2D eigenvalue weighted by molar-refractivity contribution is -0.277. The molecule has 0 aliphatic carbocycles. The molecule has 0 bridgehead atoms. The van der Waals surface area contributed by atoms with Gasteiger partial charge in [-0.15, -0.1) is 0 Å². The summed E-state index contributed by atoms with van der Waals surface area (Å²) >= 11 is 0. The molecule has 5 atom stereocenters. The van der Waals surface area contributed by atoms with Crippen LogP contribution in [0.4, 0.5) is 0 Å². The summed E-state index contributed by atoms with van der Waals surface area (Å²) in [4.78, 5) is 12.3. The van der Waals surface area contributed by atoms with Crippen LogP contribution in [0.3, 0.4) is 0 Å². The number of aryl methyl sites for hydroxylation is 1. The van der Waals surface area contributed by atoms with Gasteiger partial charge < -0.3 is 39.7 Å². The molecule has 1 aliphatic heterocycles. The minimum Gasteiger partial charge on any atom is -0.507 e. The lowest BCUT2D eigenvalue weighted by Crippen LogP contribution is -2.60. The molecule has 1 aliphatic rings. The Kier molecular flexibility index (Phi) is 15.0. The fourth-order valence-corrected chi connectivity index (χ4v) is 4.89. The summed E-state index contributed by atoms with van der Waals surface area (Å²) in [5, 5.41) is 50.2. The molecule has 5 unspecified atom stereocenters. The van der Waals surface area contributed by atoms with E-state index < -0.39 is 43.3 Å². The van der Waals surface area contributed by atoms with Crippen molar-refractivity contribution in [1.82, 2.24) is 0 Å². The van der Waals surface area contributed by atoms with Crippen LogP contribution >= 0.6 is 0 Å². The fraction of sp³-hybridized carbons (Fsp3) is 0.759. The van der Waals surface area contributed by atoms with Gasteiger partial charge in [0.2, 0.25) is 6.29 Å². The van der Waals surface area contributed by atoms with Crippen molar-refractivity contribution in [2.45, 2.75) is 128 Å². The average molecular weight is 541 g/mol. The van der Waals surface area contributed by atoms with E-state index in [1.165, 1.54) is 77.4 Å². The Labute approximate surface area is 226 Å². The fourth-order valence-electron chi connectivity index (χ4n) is 4.89. The van der Waals surface area contributed by atoms with Gasteiger partial charge in [-0.05, 0) is 24.5 Å². The standard InChI is InChI=1S/C29H48O9/c1-3-4-5-6-7-8-9-10-11-12-13-14-15-16-20-17-21(18-22(31)24(20)28(35)36-2)37-29-27(34)26(33)25(32)23(19-30)38-29/h17-18,23,25-27,29-34H,3-16,19H2,1-2H3. The number of aliphatic hydroxyl groups excluding tert-OH is 4. The maximum atomic E-state index is 12.3. The van der Waals surface area contributed by atoms with Gasteiger partial charge >= 0.3 is 5.97 Å². The van der Waals surface area contributed by atoms with Crippen LogP contribution in [-0.4, -0.2) is 75.9 Å². The second-order valence-electron chi connectivity index (χ2n) is 10.3. The number of ether oxygens (including phenoxy) is 3. The molecule has 1 aromatic carbocycles. The number of esters is 1. The van der Waals surface area contributed by atoms with Crippen LogP contribution in [-0.2, 0) is 15.9 Å². The molecule has 5 N–H and O–H groups in total. The van der Waals surface area contributed by atoms with Gasteiger partial charge in [0.15, 0.2) is 0 Å². The summed E-state index contributed by atoms with van der Waals surface area (Å²) in [7, 11) is 1.25. The number of carbonyl (C=O) groups is 1. The van der Waals surface area contributed by atoms with Crippen molar-refractivity contribution < 1.29 is 44.5 Å². The van der Waals surface area contributed by atoms with Crippen molar-refractivity contribution in [3.63, 3.8) is 0 Å². The molecule has 38 heavy (non-hydrogen) atoms. The van der Waals surface area contributed by atoms with Gasteiger partial charge in [-0.3, -0.25) is 0 Å². The smallest absolute Gasteiger partial charge is 0.341 e. The summed E-state index contributed by atoms with van der Waals surface area (Å²) in [5.41, 5.74) is 0.604. The molecule has 0 amide bonds. The first kappa shape index (κ1) is 32.3. The van der Waals surface area contributed by atoms with Gasteiger partial charge in [-0.25, -0.2) is 4.79 Å². The van der Waals surface area contributed by atoms with Crippen LogP contribution in [0.5, 0.6) is 11.5 Å². The third-order valence-electron chi connectivity index (χ3n) is 7.21. The number of aliphatic hydroxyl groups is 4. The molecule has 0 spiro atoms. The topological polar surface area (TPSA) is 146 Å². The molecule has 1 heterocycles. The predicted octanol–water partition coefficient (Wildman–Crippen LogP) is 3.99. The van der Waals surface area contributed by atoms with E-state index in [1.807, 2.05) is 0 Å². The Morgan fingerprint density at radius 2 is 1.39 bits per heavy atom. The van der Waals surface area contributed by atoms with Crippen molar-refractivity contribution in [3.8, 4) is 11.5 Å². The molecule has 9 nitrogen and oxygen atoms in total. The maximum Gasteiger partial charge on any atom is 0.341 e. The number of methoxy groups -OCH3 is 1. The molecule has 2 rings (SSSR count). The van der Waals surface area contributed by atoms with E-state index in [1.54, 1.807) is 6.07 Å². The zero-order valence-electron chi connectivity index (χ0n) is 23.0. The molecule has 1 aromatic rings. The highest BCUT2D eigenvalue weighted by Gasteiger charge is 2.44. The summed E-state index contributed by atoms with van der Waals surface area (Å²) in [5.74, 6) is -0.876. The van der Waals surface area contributed by atoms with Gasteiger partial charge in [-0.1, -0.05) is 84.0 Å². The Hall–Kier alpha value is -1.91. The quantitative estimate of drug-likeness (QED) is 0.138. The number of phenols is 1. The summed E-state index contributed by atoms with van der Waals surface area (Å²) in [6.07, 6.45) is 9.19. The second-order valence-corrected chi connectivity index (χ2v) is 10.3. The van der Waals surface area contributed by atoms with E-state index >= 15 is 0 Å². The third kappa shape index (κ3) is 10.0. The summed E-state index contributed by atoms with van der Waals surface area (Å²) in [6, 6.07) is 2.79. The van der Waals surface area contributed by atoms with Crippen molar-refractivity contribution in [3.05, 3.63) is 23.3 Å². The monoisotopic (exact) mass is 540 g/mol. The van der Waals surface area contributed by atoms with Crippen molar-refractivity contribution in [2.75, 3.05) is 13.7 Å². The zero-order valence-corrected chi connectivity index (χ0v) is 23.0. The molecule has 218 valence electrons. The van der Waals surface area contributed by atoms with Crippen molar-refractivity contribution in [2.24, 2.45) is 0 Å². The Bertz CT molecular complexity index is 813. The maximum absolute atomic E-state index is 12.3. The molecule has 1 fully saturated rings. The molecule has 0 aromatic heterocycles. The molecule has 9 heteroatoms. The normalized spacial score (nSPS) is 23.4. The van der Waals surface area contributed by atoms with E-state index in [0.29, 0.717) is 12.0 Å². The summed E-state index contributed by atoms with van der Waals surface area (Å²) < 4.78 is 15.9. The molecule has 0 saturated carbocycles. The number of unbranched alkanes of at least 4 members (excludes halogenated alkanes) is 12. The number of hydrogen-bond donors (Lipinski definition) is 5. The number of phenolic OH excluding ortho intramolecular Hbond substituents is 1. The van der Waals surface area contributed by atoms with Crippen LogP contribution in [0.2, 0.25) is 0 Å². The lowest BCUT2D eigenvalue weighted by Gasteiger charge is -2.39. The number of benzene rings is 1. The summed E-state index contributed by atoms with van der Waals surface area (Å²) in [6.45, 7) is 1.66. The minimum atomic E-state index is -1.58. The molecule has 1 saturated heterocycles. The van der Waals surface area contributed by atoms with Gasteiger partial charge in [0, 0.05) is 6.07 Å². The molecule has 0 radical (unpaired) electrons. The van der Waals surface area contributed by atoms with Crippen LogP contribution in [0.1, 0.15) is 106 Å². The number of rotatable bonds is 18. The second kappa shape index (κ2) is 17.6. The zero-order chi connectivity index (χ0) is 27.9. The minimum absolute atomic E-state index is 0.0626. The Morgan fingerprint density at radius 1 is 0.842 bits per heavy atom.